The average Bonchev–Trinajstić information content (AvgIpc) is 2.45. The lowest BCUT2D eigenvalue weighted by Gasteiger charge is -2.30. The van der Waals surface area contributed by atoms with E-state index >= 15 is 0 Å². The molecule has 1 aromatic rings. The van der Waals surface area contributed by atoms with E-state index in [2.05, 4.69) is 24.4 Å². The standard InChI is InChI=1S/C17H27NO2/c1-4-10-18-15(11-13-6-5-7-13)14-8-9-16(19-2)17(12-14)20-3/h8-9,12-13,15,18H,4-7,10-11H2,1-3H3. The molecule has 1 unspecified atom stereocenters. The van der Waals surface area contributed by atoms with Gasteiger partial charge in [-0.2, -0.15) is 0 Å². The van der Waals surface area contributed by atoms with Crippen molar-refractivity contribution in [3.05, 3.63) is 23.8 Å². The monoisotopic (exact) mass is 277 g/mol. The molecule has 1 N–H and O–H groups in total. The van der Waals surface area contributed by atoms with E-state index < -0.39 is 0 Å². The SMILES string of the molecule is CCCNC(CC1CCC1)c1ccc(OC)c(OC)c1. The zero-order valence-corrected chi connectivity index (χ0v) is 12.9. The van der Waals surface area contributed by atoms with Gasteiger partial charge >= 0.3 is 0 Å². The Bertz CT molecular complexity index is 415. The Hall–Kier alpha value is -1.22. The smallest absolute Gasteiger partial charge is 0.161 e. The average molecular weight is 277 g/mol. The molecule has 112 valence electrons. The largest absolute Gasteiger partial charge is 0.493 e. The van der Waals surface area contributed by atoms with Crippen molar-refractivity contribution in [2.75, 3.05) is 20.8 Å². The van der Waals surface area contributed by atoms with Crippen molar-refractivity contribution in [2.24, 2.45) is 5.92 Å². The van der Waals surface area contributed by atoms with Gasteiger partial charge in [-0.3, -0.25) is 0 Å². The van der Waals surface area contributed by atoms with Crippen LogP contribution in [0.25, 0.3) is 0 Å². The summed E-state index contributed by atoms with van der Waals surface area (Å²) in [5, 5.41) is 3.68. The second-order valence-corrected chi connectivity index (χ2v) is 5.65. The lowest BCUT2D eigenvalue weighted by molar-refractivity contribution is 0.260. The molecule has 1 aliphatic carbocycles. The summed E-state index contributed by atoms with van der Waals surface area (Å²) in [7, 11) is 3.38. The maximum Gasteiger partial charge on any atom is 0.161 e. The highest BCUT2D eigenvalue weighted by atomic mass is 16.5. The van der Waals surface area contributed by atoms with Gasteiger partial charge in [-0.05, 0) is 43.0 Å². The van der Waals surface area contributed by atoms with Gasteiger partial charge in [0.15, 0.2) is 11.5 Å². The number of methoxy groups -OCH3 is 2. The Kier molecular flexibility index (Phi) is 5.72. The summed E-state index contributed by atoms with van der Waals surface area (Å²) in [6.45, 7) is 3.27. The molecule has 0 aromatic heterocycles. The van der Waals surface area contributed by atoms with Crippen LogP contribution in [0, 0.1) is 5.92 Å². The van der Waals surface area contributed by atoms with Gasteiger partial charge in [0, 0.05) is 6.04 Å². The summed E-state index contributed by atoms with van der Waals surface area (Å²) in [6.07, 6.45) is 6.57. The van der Waals surface area contributed by atoms with Crippen LogP contribution >= 0.6 is 0 Å². The van der Waals surface area contributed by atoms with Gasteiger partial charge in [0.1, 0.15) is 0 Å². The number of hydrogen-bond acceptors (Lipinski definition) is 3. The summed E-state index contributed by atoms with van der Waals surface area (Å²) in [5.74, 6) is 2.51. The van der Waals surface area contributed by atoms with Crippen molar-refractivity contribution in [1.29, 1.82) is 0 Å². The summed E-state index contributed by atoms with van der Waals surface area (Å²) in [6, 6.07) is 6.72. The minimum Gasteiger partial charge on any atom is -0.493 e. The third-order valence-electron chi connectivity index (χ3n) is 4.24. The van der Waals surface area contributed by atoms with Gasteiger partial charge in [-0.15, -0.1) is 0 Å². The highest BCUT2D eigenvalue weighted by Gasteiger charge is 2.23. The predicted molar refractivity (Wildman–Crippen MR) is 82.5 cm³/mol. The molecule has 0 spiro atoms. The van der Waals surface area contributed by atoms with Crippen LogP contribution in [0.15, 0.2) is 18.2 Å². The quantitative estimate of drug-likeness (QED) is 0.781. The highest BCUT2D eigenvalue weighted by Crippen LogP contribution is 2.37. The number of hydrogen-bond donors (Lipinski definition) is 1. The van der Waals surface area contributed by atoms with Crippen LogP contribution in [0.5, 0.6) is 11.5 Å². The molecular formula is C17H27NO2. The van der Waals surface area contributed by atoms with Crippen LogP contribution < -0.4 is 14.8 Å². The second-order valence-electron chi connectivity index (χ2n) is 5.65. The van der Waals surface area contributed by atoms with E-state index in [4.69, 9.17) is 9.47 Å². The highest BCUT2D eigenvalue weighted by molar-refractivity contribution is 5.43. The number of nitrogens with one attached hydrogen (secondary N) is 1. The maximum atomic E-state index is 5.42. The van der Waals surface area contributed by atoms with Gasteiger partial charge in [-0.25, -0.2) is 0 Å². The normalized spacial score (nSPS) is 16.6. The minimum absolute atomic E-state index is 0.431. The van der Waals surface area contributed by atoms with E-state index in [-0.39, 0.29) is 0 Å². The molecule has 0 radical (unpaired) electrons. The molecule has 20 heavy (non-hydrogen) atoms. The molecule has 0 heterocycles. The van der Waals surface area contributed by atoms with Crippen molar-refractivity contribution in [2.45, 2.75) is 45.1 Å². The van der Waals surface area contributed by atoms with E-state index in [0.717, 1.165) is 30.4 Å². The van der Waals surface area contributed by atoms with E-state index in [1.165, 1.54) is 31.2 Å². The van der Waals surface area contributed by atoms with Crippen molar-refractivity contribution in [3.63, 3.8) is 0 Å². The summed E-state index contributed by atoms with van der Waals surface area (Å²) in [4.78, 5) is 0. The Labute approximate surface area is 122 Å². The summed E-state index contributed by atoms with van der Waals surface area (Å²) >= 11 is 0. The fraction of sp³-hybridized carbons (Fsp3) is 0.647. The first-order chi connectivity index (χ1) is 9.78. The van der Waals surface area contributed by atoms with Crippen LogP contribution in [0.4, 0.5) is 0 Å². The molecule has 3 heteroatoms. The topological polar surface area (TPSA) is 30.5 Å². The minimum atomic E-state index is 0.431. The molecule has 1 saturated carbocycles. The van der Waals surface area contributed by atoms with Gasteiger partial charge < -0.3 is 14.8 Å². The van der Waals surface area contributed by atoms with Gasteiger partial charge in [-0.1, -0.05) is 32.3 Å². The van der Waals surface area contributed by atoms with Gasteiger partial charge in [0.2, 0.25) is 0 Å². The lowest BCUT2D eigenvalue weighted by Crippen LogP contribution is -2.26. The molecule has 2 rings (SSSR count). The molecular weight excluding hydrogens is 250 g/mol. The zero-order valence-electron chi connectivity index (χ0n) is 12.9. The van der Waals surface area contributed by atoms with Crippen LogP contribution in [-0.2, 0) is 0 Å². The van der Waals surface area contributed by atoms with Crippen LogP contribution in [-0.4, -0.2) is 20.8 Å². The third kappa shape index (κ3) is 3.66. The maximum absolute atomic E-state index is 5.42. The summed E-state index contributed by atoms with van der Waals surface area (Å²) in [5.41, 5.74) is 1.31. The fourth-order valence-corrected chi connectivity index (χ4v) is 2.79. The predicted octanol–water partition coefficient (Wildman–Crippen LogP) is 3.93. The first-order valence-electron chi connectivity index (χ1n) is 7.73. The van der Waals surface area contributed by atoms with Gasteiger partial charge in [0.25, 0.3) is 0 Å². The molecule has 1 aromatic carbocycles. The Balaban J connectivity index is 2.13. The second kappa shape index (κ2) is 7.53. The third-order valence-corrected chi connectivity index (χ3v) is 4.24. The molecule has 3 nitrogen and oxygen atoms in total. The van der Waals surface area contributed by atoms with Crippen LogP contribution in [0.1, 0.15) is 50.6 Å². The molecule has 0 bridgehead atoms. The van der Waals surface area contributed by atoms with E-state index in [0.29, 0.717) is 6.04 Å². The molecule has 0 amide bonds. The van der Waals surface area contributed by atoms with E-state index in [1.54, 1.807) is 14.2 Å². The van der Waals surface area contributed by atoms with Crippen molar-refractivity contribution < 1.29 is 9.47 Å². The first-order valence-corrected chi connectivity index (χ1v) is 7.73. The van der Waals surface area contributed by atoms with Crippen molar-refractivity contribution >= 4 is 0 Å². The first kappa shape index (κ1) is 15.2. The van der Waals surface area contributed by atoms with E-state index in [1.807, 2.05) is 6.07 Å². The number of rotatable bonds is 8. The fourth-order valence-electron chi connectivity index (χ4n) is 2.79. The molecule has 0 aliphatic heterocycles. The van der Waals surface area contributed by atoms with Crippen LogP contribution in [0.3, 0.4) is 0 Å². The molecule has 0 saturated heterocycles. The van der Waals surface area contributed by atoms with Gasteiger partial charge in [0.05, 0.1) is 14.2 Å². The molecule has 1 fully saturated rings. The van der Waals surface area contributed by atoms with Crippen molar-refractivity contribution in [3.8, 4) is 11.5 Å². The number of ether oxygens (including phenoxy) is 2. The van der Waals surface area contributed by atoms with E-state index in [9.17, 15) is 0 Å². The Morgan fingerprint density at radius 2 is 1.95 bits per heavy atom. The molecule has 1 aliphatic rings. The molecule has 1 atom stereocenters. The lowest BCUT2D eigenvalue weighted by atomic mass is 9.79. The summed E-state index contributed by atoms with van der Waals surface area (Å²) < 4.78 is 10.7. The zero-order chi connectivity index (χ0) is 14.4. The Morgan fingerprint density at radius 3 is 2.50 bits per heavy atom. The van der Waals surface area contributed by atoms with Crippen molar-refractivity contribution in [1.82, 2.24) is 5.32 Å². The number of benzene rings is 1. The van der Waals surface area contributed by atoms with Crippen LogP contribution in [0.2, 0.25) is 0 Å². The Morgan fingerprint density at radius 1 is 1.20 bits per heavy atom.